The van der Waals surface area contributed by atoms with Crippen LogP contribution < -0.4 is 0 Å². The van der Waals surface area contributed by atoms with Crippen LogP contribution in [0.15, 0.2) is 85.5 Å². The monoisotopic (exact) mass is 294 g/mol. The Balaban J connectivity index is 2.51. The van der Waals surface area contributed by atoms with E-state index in [4.69, 9.17) is 4.74 Å². The maximum absolute atomic E-state index is 11.1. The number of benzene rings is 1. The summed E-state index contributed by atoms with van der Waals surface area (Å²) in [4.78, 5) is 11.1. The first-order chi connectivity index (χ1) is 10.8. The van der Waals surface area contributed by atoms with Gasteiger partial charge in [-0.3, -0.25) is 0 Å². The molecule has 22 heavy (non-hydrogen) atoms. The van der Waals surface area contributed by atoms with E-state index in [1.807, 2.05) is 36.4 Å². The fourth-order valence-corrected chi connectivity index (χ4v) is 1.76. The van der Waals surface area contributed by atoms with Gasteiger partial charge in [-0.05, 0) is 24.5 Å². The van der Waals surface area contributed by atoms with Gasteiger partial charge in [0.2, 0.25) is 0 Å². The Morgan fingerprint density at radius 3 is 2.59 bits per heavy atom. The lowest BCUT2D eigenvalue weighted by atomic mass is 10.0. The largest absolute Gasteiger partial charge is 0.463 e. The van der Waals surface area contributed by atoms with Crippen LogP contribution in [-0.2, 0) is 9.53 Å². The maximum Gasteiger partial charge on any atom is 0.330 e. The van der Waals surface area contributed by atoms with Crippen molar-refractivity contribution in [2.24, 2.45) is 0 Å². The quantitative estimate of drug-likeness (QED) is 0.388. The molecule has 0 saturated carbocycles. The number of hydrogen-bond acceptors (Lipinski definition) is 2. The Hall–Kier alpha value is -2.61. The number of rotatable bonds is 8. The second kappa shape index (κ2) is 11.1. The van der Waals surface area contributed by atoms with Gasteiger partial charge in [-0.25, -0.2) is 4.79 Å². The van der Waals surface area contributed by atoms with Gasteiger partial charge >= 0.3 is 5.97 Å². The van der Waals surface area contributed by atoms with E-state index in [0.29, 0.717) is 6.61 Å². The SMILES string of the molecule is C=C/C=C(\C=C/C/C=C/C=C/C(=O)OCC)c1ccccc1. The van der Waals surface area contributed by atoms with Gasteiger partial charge in [0, 0.05) is 6.08 Å². The first kappa shape index (κ1) is 17.4. The molecule has 0 aliphatic heterocycles. The zero-order valence-electron chi connectivity index (χ0n) is 12.9. The van der Waals surface area contributed by atoms with Gasteiger partial charge < -0.3 is 4.74 Å². The van der Waals surface area contributed by atoms with Crippen molar-refractivity contribution in [3.05, 3.63) is 91.1 Å². The van der Waals surface area contributed by atoms with Crippen molar-refractivity contribution >= 4 is 11.5 Å². The van der Waals surface area contributed by atoms with Crippen LogP contribution in [0.4, 0.5) is 0 Å². The molecule has 0 spiro atoms. The summed E-state index contributed by atoms with van der Waals surface area (Å²) in [5, 5.41) is 0. The topological polar surface area (TPSA) is 26.3 Å². The third-order valence-corrected chi connectivity index (χ3v) is 2.74. The summed E-state index contributed by atoms with van der Waals surface area (Å²) >= 11 is 0. The van der Waals surface area contributed by atoms with Gasteiger partial charge in [0.25, 0.3) is 0 Å². The third kappa shape index (κ3) is 7.25. The summed E-state index contributed by atoms with van der Waals surface area (Å²) in [6.07, 6.45) is 15.6. The average molecular weight is 294 g/mol. The van der Waals surface area contributed by atoms with E-state index in [9.17, 15) is 4.79 Å². The first-order valence-electron chi connectivity index (χ1n) is 7.32. The number of allylic oxidation sites excluding steroid dienone is 8. The van der Waals surface area contributed by atoms with Gasteiger partial charge in [-0.2, -0.15) is 0 Å². The Bertz CT molecular complexity index is 575. The molecular weight excluding hydrogens is 272 g/mol. The van der Waals surface area contributed by atoms with Gasteiger partial charge in [-0.15, -0.1) is 0 Å². The van der Waals surface area contributed by atoms with Crippen molar-refractivity contribution in [2.75, 3.05) is 6.61 Å². The molecule has 1 aromatic rings. The van der Waals surface area contributed by atoms with Crippen LogP contribution in [-0.4, -0.2) is 12.6 Å². The van der Waals surface area contributed by atoms with Crippen LogP contribution in [0.25, 0.3) is 5.57 Å². The molecule has 0 amide bonds. The summed E-state index contributed by atoms with van der Waals surface area (Å²) in [7, 11) is 0. The zero-order valence-corrected chi connectivity index (χ0v) is 12.9. The molecule has 0 saturated heterocycles. The smallest absolute Gasteiger partial charge is 0.330 e. The first-order valence-corrected chi connectivity index (χ1v) is 7.32. The van der Waals surface area contributed by atoms with Crippen LogP contribution in [0.3, 0.4) is 0 Å². The highest BCUT2D eigenvalue weighted by molar-refractivity contribution is 5.82. The summed E-state index contributed by atoms with van der Waals surface area (Å²) in [6.45, 7) is 5.93. The van der Waals surface area contributed by atoms with Crippen LogP contribution in [0.5, 0.6) is 0 Å². The maximum atomic E-state index is 11.1. The van der Waals surface area contributed by atoms with Crippen LogP contribution >= 0.6 is 0 Å². The van der Waals surface area contributed by atoms with Crippen LogP contribution in [0.1, 0.15) is 18.9 Å². The summed E-state index contributed by atoms with van der Waals surface area (Å²) < 4.78 is 4.79. The molecule has 0 atom stereocenters. The summed E-state index contributed by atoms with van der Waals surface area (Å²) in [6, 6.07) is 10.2. The molecule has 0 fully saturated rings. The Morgan fingerprint density at radius 1 is 1.14 bits per heavy atom. The van der Waals surface area contributed by atoms with Crippen molar-refractivity contribution in [3.8, 4) is 0 Å². The molecule has 2 nitrogen and oxygen atoms in total. The van der Waals surface area contributed by atoms with Crippen molar-refractivity contribution in [3.63, 3.8) is 0 Å². The molecule has 1 rings (SSSR count). The molecule has 114 valence electrons. The number of ether oxygens (including phenoxy) is 1. The zero-order chi connectivity index (χ0) is 16.0. The van der Waals surface area contributed by atoms with Crippen molar-refractivity contribution in [1.82, 2.24) is 0 Å². The lowest BCUT2D eigenvalue weighted by Gasteiger charge is -2.00. The Labute approximate surface area is 132 Å². The molecule has 0 radical (unpaired) electrons. The number of hydrogen-bond donors (Lipinski definition) is 0. The molecule has 0 bridgehead atoms. The van der Waals surface area contributed by atoms with Crippen LogP contribution in [0.2, 0.25) is 0 Å². The number of carbonyl (C=O) groups excluding carboxylic acids is 1. The van der Waals surface area contributed by atoms with E-state index in [2.05, 4.69) is 30.9 Å². The highest BCUT2D eigenvalue weighted by atomic mass is 16.5. The average Bonchev–Trinajstić information content (AvgIpc) is 2.54. The lowest BCUT2D eigenvalue weighted by molar-refractivity contribution is -0.137. The highest BCUT2D eigenvalue weighted by Crippen LogP contribution is 2.15. The molecule has 0 aromatic heterocycles. The van der Waals surface area contributed by atoms with E-state index >= 15 is 0 Å². The second-order valence-corrected chi connectivity index (χ2v) is 4.40. The highest BCUT2D eigenvalue weighted by Gasteiger charge is 1.94. The molecular formula is C20H22O2. The van der Waals surface area contributed by atoms with Crippen LogP contribution in [0, 0.1) is 0 Å². The Morgan fingerprint density at radius 2 is 1.91 bits per heavy atom. The van der Waals surface area contributed by atoms with Gasteiger partial charge in [0.1, 0.15) is 0 Å². The fourth-order valence-electron chi connectivity index (χ4n) is 1.76. The minimum atomic E-state index is -0.317. The third-order valence-electron chi connectivity index (χ3n) is 2.74. The predicted octanol–water partition coefficient (Wildman–Crippen LogP) is 4.88. The number of carbonyl (C=O) groups is 1. The molecule has 0 aliphatic rings. The minimum absolute atomic E-state index is 0.317. The summed E-state index contributed by atoms with van der Waals surface area (Å²) in [5.41, 5.74) is 2.27. The van der Waals surface area contributed by atoms with Crippen molar-refractivity contribution in [2.45, 2.75) is 13.3 Å². The molecule has 0 N–H and O–H groups in total. The lowest BCUT2D eigenvalue weighted by Crippen LogP contribution is -1.98. The molecule has 0 aliphatic carbocycles. The van der Waals surface area contributed by atoms with E-state index in [1.54, 1.807) is 19.1 Å². The second-order valence-electron chi connectivity index (χ2n) is 4.40. The van der Waals surface area contributed by atoms with E-state index in [-0.39, 0.29) is 5.97 Å². The van der Waals surface area contributed by atoms with Gasteiger partial charge in [-0.1, -0.05) is 79.4 Å². The van der Waals surface area contributed by atoms with Gasteiger partial charge in [0.15, 0.2) is 0 Å². The minimum Gasteiger partial charge on any atom is -0.463 e. The molecule has 2 heteroatoms. The fraction of sp³-hybridized carbons (Fsp3) is 0.150. The normalized spacial score (nSPS) is 12.3. The number of esters is 1. The predicted molar refractivity (Wildman–Crippen MR) is 93.3 cm³/mol. The standard InChI is InChI=1S/C20H22O2/c1-3-13-18(19-15-10-8-11-16-19)14-9-6-5-7-12-17-20(21)22-4-2/h3,5,7-17H,1,4,6H2,2H3/b7-5+,14-9-,17-12+,18-13+. The van der Waals surface area contributed by atoms with E-state index in [0.717, 1.165) is 17.6 Å². The van der Waals surface area contributed by atoms with Crippen molar-refractivity contribution in [1.29, 1.82) is 0 Å². The Kier molecular flexibility index (Phi) is 8.79. The molecule has 0 heterocycles. The van der Waals surface area contributed by atoms with E-state index < -0.39 is 0 Å². The molecule has 1 aromatic carbocycles. The van der Waals surface area contributed by atoms with Gasteiger partial charge in [0.05, 0.1) is 6.61 Å². The van der Waals surface area contributed by atoms with Crippen molar-refractivity contribution < 1.29 is 9.53 Å². The summed E-state index contributed by atoms with van der Waals surface area (Å²) in [5.74, 6) is -0.317. The van der Waals surface area contributed by atoms with E-state index in [1.165, 1.54) is 6.08 Å². The molecule has 0 unspecified atom stereocenters.